The Labute approximate surface area is 108 Å². The lowest BCUT2D eigenvalue weighted by Crippen LogP contribution is -2.44. The normalized spacial score (nSPS) is 22.0. The van der Waals surface area contributed by atoms with Crippen molar-refractivity contribution in [3.63, 3.8) is 0 Å². The van der Waals surface area contributed by atoms with E-state index in [4.69, 9.17) is 5.26 Å². The maximum absolute atomic E-state index is 9.26. The lowest BCUT2D eigenvalue weighted by atomic mass is 9.74. The van der Waals surface area contributed by atoms with Gasteiger partial charge < -0.3 is 4.90 Å². The molecule has 0 aliphatic carbocycles. The molecule has 18 heavy (non-hydrogen) atoms. The number of rotatable bonds is 1. The van der Waals surface area contributed by atoms with Crippen LogP contribution in [0.4, 0.5) is 5.69 Å². The molecule has 0 saturated carbocycles. The molecule has 0 aromatic heterocycles. The van der Waals surface area contributed by atoms with Gasteiger partial charge in [0.15, 0.2) is 0 Å². The van der Waals surface area contributed by atoms with E-state index >= 15 is 0 Å². The minimum Gasteiger partial charge on any atom is -0.370 e. The van der Waals surface area contributed by atoms with E-state index in [9.17, 15) is 5.26 Å². The molecule has 1 aromatic rings. The molecule has 0 radical (unpaired) electrons. The van der Waals surface area contributed by atoms with Crippen LogP contribution in [0.25, 0.3) is 0 Å². The number of piperidine rings is 1. The largest absolute Gasteiger partial charge is 0.370 e. The van der Waals surface area contributed by atoms with Gasteiger partial charge in [-0.2, -0.15) is 10.5 Å². The SMILES string of the molecule is CC1(C)CCN(c2cccc(C#N)c2)CC1C#N. The Hall–Kier alpha value is -2.00. The first-order valence-electron chi connectivity index (χ1n) is 6.21. The van der Waals surface area contributed by atoms with E-state index in [1.54, 1.807) is 6.07 Å². The van der Waals surface area contributed by atoms with E-state index in [2.05, 4.69) is 30.9 Å². The van der Waals surface area contributed by atoms with Gasteiger partial charge in [-0.1, -0.05) is 19.9 Å². The van der Waals surface area contributed by atoms with Gasteiger partial charge in [0.2, 0.25) is 0 Å². The standard InChI is InChI=1S/C15H17N3/c1-15(2)6-7-18(11-13(15)10-17)14-5-3-4-12(8-14)9-16/h3-5,8,13H,6-7,11H2,1-2H3. The van der Waals surface area contributed by atoms with Gasteiger partial charge >= 0.3 is 0 Å². The predicted octanol–water partition coefficient (Wildman–Crippen LogP) is 2.93. The van der Waals surface area contributed by atoms with E-state index in [0.29, 0.717) is 5.56 Å². The maximum Gasteiger partial charge on any atom is 0.0992 e. The summed E-state index contributed by atoms with van der Waals surface area (Å²) in [5, 5.41) is 18.2. The second kappa shape index (κ2) is 4.70. The van der Waals surface area contributed by atoms with Crippen molar-refractivity contribution in [1.29, 1.82) is 10.5 Å². The second-order valence-electron chi connectivity index (χ2n) is 5.53. The summed E-state index contributed by atoms with van der Waals surface area (Å²) >= 11 is 0. The third kappa shape index (κ3) is 2.31. The molecule has 1 saturated heterocycles. The fourth-order valence-electron chi connectivity index (χ4n) is 2.38. The van der Waals surface area contributed by atoms with Gasteiger partial charge in [-0.15, -0.1) is 0 Å². The van der Waals surface area contributed by atoms with Crippen LogP contribution in [0.3, 0.4) is 0 Å². The summed E-state index contributed by atoms with van der Waals surface area (Å²) in [6.45, 7) is 6.01. The Balaban J connectivity index is 2.21. The maximum atomic E-state index is 9.26. The van der Waals surface area contributed by atoms with Crippen molar-refractivity contribution in [2.75, 3.05) is 18.0 Å². The van der Waals surface area contributed by atoms with Crippen LogP contribution < -0.4 is 4.90 Å². The molecule has 1 unspecified atom stereocenters. The number of hydrogen-bond donors (Lipinski definition) is 0. The van der Waals surface area contributed by atoms with Crippen molar-refractivity contribution in [3.05, 3.63) is 29.8 Å². The van der Waals surface area contributed by atoms with Gasteiger partial charge in [-0.05, 0) is 30.0 Å². The molecule has 1 aliphatic heterocycles. The third-order valence-electron chi connectivity index (χ3n) is 3.87. The summed E-state index contributed by atoms with van der Waals surface area (Å²) in [7, 11) is 0. The van der Waals surface area contributed by atoms with Crippen molar-refractivity contribution < 1.29 is 0 Å². The summed E-state index contributed by atoms with van der Waals surface area (Å²) in [5.41, 5.74) is 1.80. The van der Waals surface area contributed by atoms with Crippen molar-refractivity contribution in [3.8, 4) is 12.1 Å². The highest BCUT2D eigenvalue weighted by molar-refractivity contribution is 5.52. The highest BCUT2D eigenvalue weighted by Crippen LogP contribution is 2.36. The first-order chi connectivity index (χ1) is 8.56. The smallest absolute Gasteiger partial charge is 0.0992 e. The fourth-order valence-corrected chi connectivity index (χ4v) is 2.38. The molecule has 0 spiro atoms. The molecule has 1 fully saturated rings. The van der Waals surface area contributed by atoms with Gasteiger partial charge in [-0.25, -0.2) is 0 Å². The molecule has 0 amide bonds. The zero-order valence-electron chi connectivity index (χ0n) is 10.8. The summed E-state index contributed by atoms with van der Waals surface area (Å²) in [6.07, 6.45) is 1.00. The second-order valence-corrected chi connectivity index (χ2v) is 5.53. The van der Waals surface area contributed by atoms with Crippen LogP contribution in [0.2, 0.25) is 0 Å². The first-order valence-corrected chi connectivity index (χ1v) is 6.21. The van der Waals surface area contributed by atoms with Crippen LogP contribution in [0.5, 0.6) is 0 Å². The number of anilines is 1. The third-order valence-corrected chi connectivity index (χ3v) is 3.87. The monoisotopic (exact) mass is 239 g/mol. The molecule has 0 bridgehead atoms. The molecule has 3 heteroatoms. The van der Waals surface area contributed by atoms with Crippen LogP contribution in [0, 0.1) is 34.0 Å². The van der Waals surface area contributed by atoms with E-state index in [1.807, 2.05) is 18.2 Å². The Bertz CT molecular complexity index is 519. The molecule has 92 valence electrons. The highest BCUT2D eigenvalue weighted by atomic mass is 15.1. The summed E-state index contributed by atoms with van der Waals surface area (Å²) in [4.78, 5) is 2.21. The Kier molecular flexibility index (Phi) is 3.26. The Morgan fingerprint density at radius 3 is 2.78 bits per heavy atom. The van der Waals surface area contributed by atoms with E-state index in [0.717, 1.165) is 25.2 Å². The topological polar surface area (TPSA) is 50.8 Å². The molecule has 1 heterocycles. The molecule has 2 rings (SSSR count). The molecular weight excluding hydrogens is 222 g/mol. The van der Waals surface area contributed by atoms with Gasteiger partial charge in [0.25, 0.3) is 0 Å². The number of benzene rings is 1. The van der Waals surface area contributed by atoms with Crippen molar-refractivity contribution in [2.45, 2.75) is 20.3 Å². The van der Waals surface area contributed by atoms with Crippen LogP contribution in [0.15, 0.2) is 24.3 Å². The van der Waals surface area contributed by atoms with Crippen molar-refractivity contribution >= 4 is 5.69 Å². The molecule has 3 nitrogen and oxygen atoms in total. The van der Waals surface area contributed by atoms with Gasteiger partial charge in [-0.3, -0.25) is 0 Å². The Morgan fingerprint density at radius 2 is 2.11 bits per heavy atom. The van der Waals surface area contributed by atoms with E-state index in [1.165, 1.54) is 0 Å². The van der Waals surface area contributed by atoms with E-state index < -0.39 is 0 Å². The minimum absolute atomic E-state index is 0.0389. The van der Waals surface area contributed by atoms with Crippen LogP contribution in [-0.2, 0) is 0 Å². The average molecular weight is 239 g/mol. The molecular formula is C15H17N3. The number of nitrogens with zero attached hydrogens (tertiary/aromatic N) is 3. The average Bonchev–Trinajstić information content (AvgIpc) is 2.38. The van der Waals surface area contributed by atoms with Gasteiger partial charge in [0, 0.05) is 18.8 Å². The summed E-state index contributed by atoms with van der Waals surface area (Å²) < 4.78 is 0. The molecule has 0 N–H and O–H groups in total. The summed E-state index contributed by atoms with van der Waals surface area (Å²) in [6, 6.07) is 12.2. The summed E-state index contributed by atoms with van der Waals surface area (Å²) in [5.74, 6) is 0.0389. The lowest BCUT2D eigenvalue weighted by molar-refractivity contribution is 0.217. The number of nitriles is 2. The quantitative estimate of drug-likeness (QED) is 0.757. The van der Waals surface area contributed by atoms with Crippen molar-refractivity contribution in [2.24, 2.45) is 11.3 Å². The van der Waals surface area contributed by atoms with Gasteiger partial charge in [0.05, 0.1) is 23.6 Å². The Morgan fingerprint density at radius 1 is 1.33 bits per heavy atom. The fraction of sp³-hybridized carbons (Fsp3) is 0.467. The zero-order chi connectivity index (χ0) is 13.2. The molecule has 1 aromatic carbocycles. The predicted molar refractivity (Wildman–Crippen MR) is 70.9 cm³/mol. The first kappa shape index (κ1) is 12.5. The number of hydrogen-bond acceptors (Lipinski definition) is 3. The van der Waals surface area contributed by atoms with Crippen molar-refractivity contribution in [1.82, 2.24) is 0 Å². The van der Waals surface area contributed by atoms with Crippen LogP contribution in [0.1, 0.15) is 25.8 Å². The molecule has 1 atom stereocenters. The zero-order valence-corrected chi connectivity index (χ0v) is 10.8. The minimum atomic E-state index is 0.0389. The van der Waals surface area contributed by atoms with Crippen LogP contribution in [-0.4, -0.2) is 13.1 Å². The van der Waals surface area contributed by atoms with Crippen LogP contribution >= 0.6 is 0 Å². The molecule has 1 aliphatic rings. The highest BCUT2D eigenvalue weighted by Gasteiger charge is 2.35. The van der Waals surface area contributed by atoms with E-state index in [-0.39, 0.29) is 11.3 Å². The lowest BCUT2D eigenvalue weighted by Gasteiger charge is -2.41. The van der Waals surface area contributed by atoms with Gasteiger partial charge in [0.1, 0.15) is 0 Å².